The SMILES string of the molecule is CCOC(=O)c1ccccc1NC(=O)c1ccc(OC)cc1. The molecular formula is C17H17NO4. The van der Waals surface area contributed by atoms with Gasteiger partial charge in [-0.15, -0.1) is 0 Å². The standard InChI is InChI=1S/C17H17NO4/c1-3-22-17(20)14-6-4-5-7-15(14)18-16(19)12-8-10-13(21-2)11-9-12/h4-11H,3H2,1-2H3,(H,18,19). The highest BCUT2D eigenvalue weighted by atomic mass is 16.5. The Labute approximate surface area is 128 Å². The molecule has 0 heterocycles. The maximum atomic E-state index is 12.2. The van der Waals surface area contributed by atoms with Gasteiger partial charge in [-0.25, -0.2) is 4.79 Å². The van der Waals surface area contributed by atoms with Crippen molar-refractivity contribution in [2.24, 2.45) is 0 Å². The van der Waals surface area contributed by atoms with E-state index in [9.17, 15) is 9.59 Å². The molecule has 114 valence electrons. The summed E-state index contributed by atoms with van der Waals surface area (Å²) >= 11 is 0. The van der Waals surface area contributed by atoms with Crippen molar-refractivity contribution < 1.29 is 19.1 Å². The highest BCUT2D eigenvalue weighted by Gasteiger charge is 2.14. The monoisotopic (exact) mass is 299 g/mol. The van der Waals surface area contributed by atoms with Gasteiger partial charge in [-0.1, -0.05) is 12.1 Å². The number of hydrogen-bond acceptors (Lipinski definition) is 4. The van der Waals surface area contributed by atoms with Crippen LogP contribution in [0, 0.1) is 0 Å². The molecule has 0 saturated carbocycles. The molecule has 2 aromatic rings. The number of hydrogen-bond donors (Lipinski definition) is 1. The molecule has 0 bridgehead atoms. The highest BCUT2D eigenvalue weighted by Crippen LogP contribution is 2.18. The molecule has 2 rings (SSSR count). The van der Waals surface area contributed by atoms with Gasteiger partial charge in [0.2, 0.25) is 0 Å². The first-order valence-electron chi connectivity index (χ1n) is 6.87. The average Bonchev–Trinajstić information content (AvgIpc) is 2.55. The fourth-order valence-electron chi connectivity index (χ4n) is 1.92. The molecule has 0 saturated heterocycles. The van der Waals surface area contributed by atoms with Gasteiger partial charge in [-0.05, 0) is 43.3 Å². The molecular weight excluding hydrogens is 282 g/mol. The molecule has 0 aliphatic heterocycles. The Hall–Kier alpha value is -2.82. The number of esters is 1. The van der Waals surface area contributed by atoms with Crippen LogP contribution in [0.3, 0.4) is 0 Å². The maximum Gasteiger partial charge on any atom is 0.340 e. The van der Waals surface area contributed by atoms with Crippen LogP contribution in [0.2, 0.25) is 0 Å². The Morgan fingerprint density at radius 1 is 1.05 bits per heavy atom. The Morgan fingerprint density at radius 3 is 2.36 bits per heavy atom. The number of benzene rings is 2. The van der Waals surface area contributed by atoms with Crippen LogP contribution in [-0.4, -0.2) is 25.6 Å². The number of para-hydroxylation sites is 1. The van der Waals surface area contributed by atoms with Crippen molar-refractivity contribution in [3.8, 4) is 5.75 Å². The molecule has 22 heavy (non-hydrogen) atoms. The van der Waals surface area contributed by atoms with Crippen molar-refractivity contribution >= 4 is 17.6 Å². The zero-order valence-corrected chi connectivity index (χ0v) is 12.5. The molecule has 0 fully saturated rings. The molecule has 0 aliphatic carbocycles. The van der Waals surface area contributed by atoms with Crippen LogP contribution in [0.1, 0.15) is 27.6 Å². The van der Waals surface area contributed by atoms with Crippen molar-refractivity contribution in [3.05, 3.63) is 59.7 Å². The number of nitrogens with one attached hydrogen (secondary N) is 1. The smallest absolute Gasteiger partial charge is 0.340 e. The number of rotatable bonds is 5. The average molecular weight is 299 g/mol. The summed E-state index contributed by atoms with van der Waals surface area (Å²) in [7, 11) is 1.56. The van der Waals surface area contributed by atoms with Gasteiger partial charge in [0.25, 0.3) is 5.91 Å². The minimum Gasteiger partial charge on any atom is -0.497 e. The van der Waals surface area contributed by atoms with Gasteiger partial charge in [0.1, 0.15) is 5.75 Å². The number of amides is 1. The summed E-state index contributed by atoms with van der Waals surface area (Å²) in [4.78, 5) is 24.1. The maximum absolute atomic E-state index is 12.2. The van der Waals surface area contributed by atoms with E-state index < -0.39 is 5.97 Å². The largest absolute Gasteiger partial charge is 0.497 e. The van der Waals surface area contributed by atoms with Gasteiger partial charge >= 0.3 is 5.97 Å². The van der Waals surface area contributed by atoms with Crippen LogP contribution in [0.4, 0.5) is 5.69 Å². The summed E-state index contributed by atoms with van der Waals surface area (Å²) in [6.45, 7) is 2.01. The molecule has 0 radical (unpaired) electrons. The van der Waals surface area contributed by atoms with Crippen LogP contribution in [-0.2, 0) is 4.74 Å². The van der Waals surface area contributed by atoms with Crippen LogP contribution in [0.15, 0.2) is 48.5 Å². The highest BCUT2D eigenvalue weighted by molar-refractivity contribution is 6.08. The Kier molecular flexibility index (Phi) is 5.14. The number of carbonyl (C=O) groups excluding carboxylic acids is 2. The van der Waals surface area contributed by atoms with E-state index in [1.54, 1.807) is 62.6 Å². The second kappa shape index (κ2) is 7.26. The lowest BCUT2D eigenvalue weighted by Gasteiger charge is -2.10. The summed E-state index contributed by atoms with van der Waals surface area (Å²) in [5.41, 5.74) is 1.22. The number of methoxy groups -OCH3 is 1. The fraction of sp³-hybridized carbons (Fsp3) is 0.176. The van der Waals surface area contributed by atoms with Crippen molar-refractivity contribution in [2.45, 2.75) is 6.92 Å². The summed E-state index contributed by atoms with van der Waals surface area (Å²) < 4.78 is 10.0. The van der Waals surface area contributed by atoms with E-state index >= 15 is 0 Å². The zero-order valence-electron chi connectivity index (χ0n) is 12.5. The van der Waals surface area contributed by atoms with Gasteiger partial charge in [-0.2, -0.15) is 0 Å². The van der Waals surface area contributed by atoms with Crippen molar-refractivity contribution in [3.63, 3.8) is 0 Å². The quantitative estimate of drug-likeness (QED) is 0.862. The molecule has 1 N–H and O–H groups in total. The lowest BCUT2D eigenvalue weighted by molar-refractivity contribution is 0.0527. The third kappa shape index (κ3) is 3.63. The van der Waals surface area contributed by atoms with E-state index in [1.807, 2.05) is 0 Å². The number of ether oxygens (including phenoxy) is 2. The molecule has 2 aromatic carbocycles. The summed E-state index contributed by atoms with van der Waals surface area (Å²) in [6.07, 6.45) is 0. The predicted molar refractivity (Wildman–Crippen MR) is 83.3 cm³/mol. The van der Waals surface area contributed by atoms with E-state index in [0.29, 0.717) is 22.6 Å². The first-order valence-corrected chi connectivity index (χ1v) is 6.87. The van der Waals surface area contributed by atoms with E-state index in [-0.39, 0.29) is 12.5 Å². The van der Waals surface area contributed by atoms with Crippen molar-refractivity contribution in [2.75, 3.05) is 19.0 Å². The van der Waals surface area contributed by atoms with Crippen LogP contribution in [0.25, 0.3) is 0 Å². The third-order valence-electron chi connectivity index (χ3n) is 3.02. The normalized spacial score (nSPS) is 9.91. The Morgan fingerprint density at radius 2 is 1.73 bits per heavy atom. The van der Waals surface area contributed by atoms with E-state index in [2.05, 4.69) is 5.32 Å². The molecule has 0 aromatic heterocycles. The molecule has 5 nitrogen and oxygen atoms in total. The molecule has 0 atom stereocenters. The van der Waals surface area contributed by atoms with Crippen LogP contribution in [0.5, 0.6) is 5.75 Å². The van der Waals surface area contributed by atoms with Crippen molar-refractivity contribution in [1.29, 1.82) is 0 Å². The summed E-state index contributed by atoms with van der Waals surface area (Å²) in [6, 6.07) is 13.4. The van der Waals surface area contributed by atoms with Gasteiger partial charge in [0.15, 0.2) is 0 Å². The Balaban J connectivity index is 2.19. The molecule has 5 heteroatoms. The topological polar surface area (TPSA) is 64.6 Å². The first-order chi connectivity index (χ1) is 10.7. The van der Waals surface area contributed by atoms with Crippen molar-refractivity contribution in [1.82, 2.24) is 0 Å². The molecule has 0 aliphatic rings. The lowest BCUT2D eigenvalue weighted by Crippen LogP contribution is -2.15. The fourth-order valence-corrected chi connectivity index (χ4v) is 1.92. The third-order valence-corrected chi connectivity index (χ3v) is 3.02. The minimum absolute atomic E-state index is 0.277. The van der Waals surface area contributed by atoms with Crippen LogP contribution >= 0.6 is 0 Å². The van der Waals surface area contributed by atoms with Gasteiger partial charge < -0.3 is 14.8 Å². The second-order valence-electron chi connectivity index (χ2n) is 4.45. The lowest BCUT2D eigenvalue weighted by atomic mass is 10.1. The summed E-state index contributed by atoms with van der Waals surface area (Å²) in [5, 5.41) is 2.72. The predicted octanol–water partition coefficient (Wildman–Crippen LogP) is 3.12. The van der Waals surface area contributed by atoms with E-state index in [0.717, 1.165) is 0 Å². The van der Waals surface area contributed by atoms with Gasteiger partial charge in [0.05, 0.1) is 25.0 Å². The van der Waals surface area contributed by atoms with E-state index in [4.69, 9.17) is 9.47 Å². The zero-order chi connectivity index (χ0) is 15.9. The molecule has 0 unspecified atom stereocenters. The minimum atomic E-state index is -0.465. The number of anilines is 1. The second-order valence-corrected chi connectivity index (χ2v) is 4.45. The first kappa shape index (κ1) is 15.6. The van der Waals surface area contributed by atoms with Gasteiger partial charge in [0, 0.05) is 5.56 Å². The number of carbonyl (C=O) groups is 2. The Bertz CT molecular complexity index is 665. The van der Waals surface area contributed by atoms with Gasteiger partial charge in [-0.3, -0.25) is 4.79 Å². The van der Waals surface area contributed by atoms with E-state index in [1.165, 1.54) is 0 Å². The molecule has 0 spiro atoms. The molecule has 1 amide bonds. The van der Waals surface area contributed by atoms with Crippen LogP contribution < -0.4 is 10.1 Å². The summed E-state index contributed by atoms with van der Waals surface area (Å²) in [5.74, 6) is -0.101.